The van der Waals surface area contributed by atoms with Gasteiger partial charge < -0.3 is 27.9 Å². The summed E-state index contributed by atoms with van der Waals surface area (Å²) in [7, 11) is 1.09. The summed E-state index contributed by atoms with van der Waals surface area (Å²) in [5.74, 6) is -0.923. The average Bonchev–Trinajstić information content (AvgIpc) is 3.41. The molecule has 0 saturated heterocycles. The maximum atomic E-state index is 12.8. The van der Waals surface area contributed by atoms with E-state index in [1.54, 1.807) is 0 Å². The third kappa shape index (κ3) is 60.3. The molecule has 0 amide bonds. The fourth-order valence-corrected chi connectivity index (χ4v) is 7.67. The molecule has 0 rings (SSSR count). The largest absolute Gasteiger partial charge is 0.756 e. The molecule has 2 unspecified atom stereocenters. The molecule has 0 spiro atoms. The van der Waals surface area contributed by atoms with Crippen molar-refractivity contribution in [2.24, 2.45) is 0 Å². The molecule has 0 fully saturated rings. The van der Waals surface area contributed by atoms with Crippen molar-refractivity contribution in [3.05, 3.63) is 182 Å². The predicted octanol–water partition coefficient (Wildman–Crippen LogP) is 18.2. The van der Waals surface area contributed by atoms with Crippen LogP contribution in [0.3, 0.4) is 0 Å². The summed E-state index contributed by atoms with van der Waals surface area (Å²) in [6.07, 6.45) is 88.1. The molecule has 0 saturated carbocycles. The summed E-state index contributed by atoms with van der Waals surface area (Å²) in [5.41, 5.74) is 0. The van der Waals surface area contributed by atoms with Gasteiger partial charge in [-0.3, -0.25) is 14.2 Å². The molecule has 0 radical (unpaired) electrons. The SMILES string of the molecule is CC/C=C\C/C=C\C/C=C\C/C=C\C/C=C\C/C=C\C/C=C\C/C=C\C/C=C\C/C=C\C/C=C\C/C=C\CCCCC(=O)OC(COC(=O)CCCCCCC/C=C\C/C=C\C/C=C\CC)COP(=O)([O-])OCC[N+](C)(C)C. The van der Waals surface area contributed by atoms with Crippen molar-refractivity contribution < 1.29 is 42.1 Å². The average molecular weight is 1100 g/mol. The number of hydrogen-bond donors (Lipinski definition) is 0. The molecule has 0 aromatic rings. The number of phosphoric acid groups is 1. The first kappa shape index (κ1) is 73.1. The van der Waals surface area contributed by atoms with Gasteiger partial charge in [-0.2, -0.15) is 0 Å². The third-order valence-corrected chi connectivity index (χ3v) is 12.4. The van der Waals surface area contributed by atoms with Gasteiger partial charge in [-0.1, -0.05) is 215 Å². The van der Waals surface area contributed by atoms with Crippen molar-refractivity contribution >= 4 is 19.8 Å². The van der Waals surface area contributed by atoms with Crippen LogP contribution in [0, 0.1) is 0 Å². The van der Waals surface area contributed by atoms with Gasteiger partial charge in [-0.15, -0.1) is 0 Å². The van der Waals surface area contributed by atoms with Gasteiger partial charge in [0, 0.05) is 12.8 Å². The first-order valence-electron chi connectivity index (χ1n) is 29.5. The van der Waals surface area contributed by atoms with Gasteiger partial charge in [0.25, 0.3) is 7.82 Å². The van der Waals surface area contributed by atoms with E-state index < -0.39 is 32.5 Å². The van der Waals surface area contributed by atoms with E-state index in [1.807, 2.05) is 21.1 Å². The van der Waals surface area contributed by atoms with E-state index in [2.05, 4.69) is 196 Å². The second kappa shape index (κ2) is 56.8. The molecule has 0 aliphatic rings. The molecule has 0 heterocycles. The number of nitrogens with zero attached hydrogens (tertiary/aromatic N) is 1. The number of hydrogen-bond acceptors (Lipinski definition) is 8. The Balaban J connectivity index is 4.27. The van der Waals surface area contributed by atoms with Gasteiger partial charge in [0.2, 0.25) is 0 Å². The summed E-state index contributed by atoms with van der Waals surface area (Å²) in [6.45, 7) is 3.90. The highest BCUT2D eigenvalue weighted by molar-refractivity contribution is 7.45. The topological polar surface area (TPSA) is 111 Å². The number of esters is 2. The fraction of sp³-hybridized carbons (Fsp3) is 0.529. The van der Waals surface area contributed by atoms with Crippen LogP contribution in [-0.4, -0.2) is 70.0 Å². The Kier molecular flexibility index (Phi) is 53.3. The number of allylic oxidation sites excluding steroid dienone is 30. The minimum absolute atomic E-state index is 0.0532. The monoisotopic (exact) mass is 1100 g/mol. The maximum absolute atomic E-state index is 12.8. The highest BCUT2D eigenvalue weighted by Crippen LogP contribution is 2.38. The van der Waals surface area contributed by atoms with Crippen molar-refractivity contribution in [1.82, 2.24) is 0 Å². The number of ether oxygens (including phenoxy) is 2. The number of carbonyl (C=O) groups excluding carboxylic acids is 2. The number of likely N-dealkylation sites (N-methyl/N-ethyl adjacent to an activating group) is 1. The van der Waals surface area contributed by atoms with Crippen LogP contribution in [0.25, 0.3) is 0 Å². The van der Waals surface area contributed by atoms with Gasteiger partial charge in [-0.05, 0) is 135 Å². The number of quaternary nitrogens is 1. The van der Waals surface area contributed by atoms with E-state index in [0.717, 1.165) is 141 Å². The third-order valence-electron chi connectivity index (χ3n) is 11.4. The molecular weight excluding hydrogens is 990 g/mol. The summed E-state index contributed by atoms with van der Waals surface area (Å²) in [4.78, 5) is 37.8. The van der Waals surface area contributed by atoms with Crippen molar-refractivity contribution in [2.45, 2.75) is 187 Å². The molecule has 2 atom stereocenters. The van der Waals surface area contributed by atoms with Crippen molar-refractivity contribution in [3.8, 4) is 0 Å². The van der Waals surface area contributed by atoms with E-state index in [1.165, 1.54) is 0 Å². The van der Waals surface area contributed by atoms with Gasteiger partial charge >= 0.3 is 11.9 Å². The molecule has 0 N–H and O–H groups in total. The minimum Gasteiger partial charge on any atom is -0.756 e. The molecule has 0 bridgehead atoms. The van der Waals surface area contributed by atoms with E-state index in [-0.39, 0.29) is 26.1 Å². The Labute approximate surface area is 476 Å². The number of phosphoric ester groups is 1. The summed E-state index contributed by atoms with van der Waals surface area (Å²) in [5, 5.41) is 0. The van der Waals surface area contributed by atoms with Crippen molar-refractivity contribution in [2.75, 3.05) is 47.5 Å². The molecule has 0 aliphatic carbocycles. The van der Waals surface area contributed by atoms with E-state index >= 15 is 0 Å². The highest BCUT2D eigenvalue weighted by Gasteiger charge is 2.21. The lowest BCUT2D eigenvalue weighted by Gasteiger charge is -2.28. The molecule has 0 aromatic heterocycles. The van der Waals surface area contributed by atoms with Crippen LogP contribution in [0.5, 0.6) is 0 Å². The lowest BCUT2D eigenvalue weighted by atomic mass is 10.1. The van der Waals surface area contributed by atoms with Crippen LogP contribution in [-0.2, 0) is 32.7 Å². The van der Waals surface area contributed by atoms with Gasteiger partial charge in [-0.25, -0.2) is 0 Å². The Morgan fingerprint density at radius 3 is 1.05 bits per heavy atom. The smallest absolute Gasteiger partial charge is 0.306 e. The highest BCUT2D eigenvalue weighted by atomic mass is 31.2. The Hall–Kier alpha value is -4.89. The zero-order valence-corrected chi connectivity index (χ0v) is 50.2. The number of rotatable bonds is 51. The summed E-state index contributed by atoms with van der Waals surface area (Å²) in [6, 6.07) is 0. The predicted molar refractivity (Wildman–Crippen MR) is 332 cm³/mol. The first-order chi connectivity index (χ1) is 38.0. The van der Waals surface area contributed by atoms with Crippen LogP contribution >= 0.6 is 7.82 Å². The Morgan fingerprint density at radius 1 is 0.397 bits per heavy atom. The molecular formula is C68H106NO8P. The summed E-state index contributed by atoms with van der Waals surface area (Å²) >= 11 is 0. The van der Waals surface area contributed by atoms with Crippen LogP contribution in [0.15, 0.2) is 182 Å². The first-order valence-corrected chi connectivity index (χ1v) is 31.0. The van der Waals surface area contributed by atoms with Crippen LogP contribution in [0.1, 0.15) is 181 Å². The fourth-order valence-electron chi connectivity index (χ4n) is 6.94. The van der Waals surface area contributed by atoms with Crippen LogP contribution in [0.2, 0.25) is 0 Å². The second-order valence-corrected chi connectivity index (χ2v) is 21.3. The maximum Gasteiger partial charge on any atom is 0.306 e. The van der Waals surface area contributed by atoms with Crippen LogP contribution in [0.4, 0.5) is 0 Å². The molecule has 0 aromatic carbocycles. The number of carbonyl (C=O) groups is 2. The van der Waals surface area contributed by atoms with Crippen molar-refractivity contribution in [1.29, 1.82) is 0 Å². The standard InChI is InChI=1S/C68H106NO8P/c1-6-8-10-12-14-16-18-20-22-23-24-25-26-27-28-29-30-31-32-33-34-35-36-37-38-39-40-41-42-43-44-45-47-49-51-53-55-57-59-61-68(71)77-66(65-76-78(72,73)75-63-62-69(3,4)5)64-74-67(70)60-58-56-54-52-50-48-46-21-19-17-15-13-11-9-7-2/h8-11,14-17,20-22,24-25,27-28,30-31,33-34,36-37,39-40,42-43,45-47,51,53,66H,6-7,12-13,18-19,23,26,29,32,35,38,41,44,48-50,52,54-65H2,1-5H3/b10-8-,11-9-,16-14-,17-15-,22-20-,25-24-,28-27-,31-30-,34-33-,37-36-,40-39-,43-42-,46-21-,47-45-,53-51-. The quantitative estimate of drug-likeness (QED) is 0.0195. The molecule has 0 aliphatic heterocycles. The lowest BCUT2D eigenvalue weighted by Crippen LogP contribution is -2.37. The number of unbranched alkanes of at least 4 members (excludes halogenated alkanes) is 7. The van der Waals surface area contributed by atoms with E-state index in [4.69, 9.17) is 18.5 Å². The van der Waals surface area contributed by atoms with Gasteiger partial charge in [0.05, 0.1) is 27.7 Å². The molecule has 9 nitrogen and oxygen atoms in total. The zero-order chi connectivity index (χ0) is 57.0. The van der Waals surface area contributed by atoms with E-state index in [0.29, 0.717) is 23.9 Å². The second-order valence-electron chi connectivity index (χ2n) is 19.9. The zero-order valence-electron chi connectivity index (χ0n) is 49.3. The van der Waals surface area contributed by atoms with Gasteiger partial charge in [0.1, 0.15) is 19.8 Å². The Bertz CT molecular complexity index is 1970. The van der Waals surface area contributed by atoms with Crippen molar-refractivity contribution in [3.63, 3.8) is 0 Å². The van der Waals surface area contributed by atoms with Gasteiger partial charge in [0.15, 0.2) is 6.10 Å². The molecule has 78 heavy (non-hydrogen) atoms. The molecule has 10 heteroatoms. The summed E-state index contributed by atoms with van der Waals surface area (Å²) < 4.78 is 34.0. The van der Waals surface area contributed by atoms with Crippen LogP contribution < -0.4 is 4.89 Å². The normalized spacial score (nSPS) is 14.6. The Morgan fingerprint density at radius 2 is 0.692 bits per heavy atom. The molecule has 436 valence electrons. The van der Waals surface area contributed by atoms with E-state index in [9.17, 15) is 19.0 Å². The lowest BCUT2D eigenvalue weighted by molar-refractivity contribution is -0.870. The minimum atomic E-state index is -4.66.